The highest BCUT2D eigenvalue weighted by Gasteiger charge is 2.36. The van der Waals surface area contributed by atoms with Crippen molar-refractivity contribution in [3.63, 3.8) is 0 Å². The van der Waals surface area contributed by atoms with Gasteiger partial charge < -0.3 is 10.1 Å². The van der Waals surface area contributed by atoms with Crippen LogP contribution in [0.3, 0.4) is 0 Å². The van der Waals surface area contributed by atoms with Gasteiger partial charge in [-0.05, 0) is 69.7 Å². The molecule has 1 aliphatic rings. The smallest absolute Gasteiger partial charge is 0.0755 e. The summed E-state index contributed by atoms with van der Waals surface area (Å²) in [5, 5.41) is 3.47. The second-order valence-electron chi connectivity index (χ2n) is 6.01. The van der Waals surface area contributed by atoms with Crippen LogP contribution in [-0.2, 0) is 11.2 Å². The molecule has 1 aromatic rings. The Morgan fingerprint density at radius 3 is 2.21 bits per heavy atom. The second kappa shape index (κ2) is 6.06. The quantitative estimate of drug-likeness (QED) is 0.849. The molecule has 2 nitrogen and oxygen atoms in total. The van der Waals surface area contributed by atoms with Gasteiger partial charge in [-0.3, -0.25) is 0 Å². The highest BCUT2D eigenvalue weighted by atomic mass is 16.5. The molecular weight excluding hydrogens is 234 g/mol. The number of ether oxygens (including phenoxy) is 1. The monoisotopic (exact) mass is 261 g/mol. The highest BCUT2D eigenvalue weighted by molar-refractivity contribution is 5.38. The topological polar surface area (TPSA) is 21.3 Å². The maximum atomic E-state index is 5.74. The SMILES string of the molecule is CNC(Cc1c(C)cc(C)cc1C)C(OC)C1CC1. The minimum Gasteiger partial charge on any atom is -0.380 e. The number of nitrogens with one attached hydrogen (secondary N) is 1. The molecule has 0 heterocycles. The minimum atomic E-state index is 0.352. The lowest BCUT2D eigenvalue weighted by Crippen LogP contribution is -2.42. The first-order valence-electron chi connectivity index (χ1n) is 7.33. The Hall–Kier alpha value is -0.860. The standard InChI is InChI=1S/C17H27NO/c1-11-8-12(2)15(13(3)9-11)10-16(18-4)17(19-5)14-6-7-14/h8-9,14,16-18H,6-7,10H2,1-5H3. The zero-order valence-corrected chi connectivity index (χ0v) is 12.9. The molecule has 1 aromatic carbocycles. The highest BCUT2D eigenvalue weighted by Crippen LogP contribution is 2.36. The van der Waals surface area contributed by atoms with Crippen LogP contribution in [-0.4, -0.2) is 26.3 Å². The fraction of sp³-hybridized carbons (Fsp3) is 0.647. The van der Waals surface area contributed by atoms with Crippen molar-refractivity contribution in [2.45, 2.75) is 52.2 Å². The van der Waals surface area contributed by atoms with Crippen LogP contribution < -0.4 is 5.32 Å². The average Bonchev–Trinajstić information content (AvgIpc) is 3.16. The van der Waals surface area contributed by atoms with Crippen molar-refractivity contribution in [2.75, 3.05) is 14.2 Å². The fourth-order valence-corrected chi connectivity index (χ4v) is 3.24. The zero-order chi connectivity index (χ0) is 14.0. The van der Waals surface area contributed by atoms with Crippen molar-refractivity contribution in [1.82, 2.24) is 5.32 Å². The van der Waals surface area contributed by atoms with Gasteiger partial charge in [0.15, 0.2) is 0 Å². The van der Waals surface area contributed by atoms with Crippen molar-refractivity contribution in [3.05, 3.63) is 34.4 Å². The third-order valence-corrected chi connectivity index (χ3v) is 4.39. The van der Waals surface area contributed by atoms with Gasteiger partial charge in [-0.25, -0.2) is 0 Å². The summed E-state index contributed by atoms with van der Waals surface area (Å²) < 4.78 is 5.74. The van der Waals surface area contributed by atoms with Gasteiger partial charge in [-0.15, -0.1) is 0 Å². The first-order chi connectivity index (χ1) is 9.06. The minimum absolute atomic E-state index is 0.352. The fourth-order valence-electron chi connectivity index (χ4n) is 3.24. The summed E-state index contributed by atoms with van der Waals surface area (Å²) in [6, 6.07) is 4.99. The third-order valence-electron chi connectivity index (χ3n) is 4.39. The van der Waals surface area contributed by atoms with E-state index in [-0.39, 0.29) is 0 Å². The molecular formula is C17H27NO. The number of aryl methyl sites for hydroxylation is 3. The van der Waals surface area contributed by atoms with Gasteiger partial charge in [-0.1, -0.05) is 17.7 Å². The van der Waals surface area contributed by atoms with E-state index >= 15 is 0 Å². The van der Waals surface area contributed by atoms with E-state index in [0.29, 0.717) is 12.1 Å². The van der Waals surface area contributed by atoms with Crippen molar-refractivity contribution in [2.24, 2.45) is 5.92 Å². The van der Waals surface area contributed by atoms with Crippen LogP contribution in [0, 0.1) is 26.7 Å². The van der Waals surface area contributed by atoms with Crippen LogP contribution in [0.5, 0.6) is 0 Å². The average molecular weight is 261 g/mol. The molecule has 106 valence electrons. The molecule has 0 aromatic heterocycles. The molecule has 0 spiro atoms. The Labute approximate surface area is 117 Å². The van der Waals surface area contributed by atoms with Crippen LogP contribution in [0.15, 0.2) is 12.1 Å². The molecule has 1 aliphatic carbocycles. The number of hydrogen-bond acceptors (Lipinski definition) is 2. The number of likely N-dealkylation sites (N-methyl/N-ethyl adjacent to an activating group) is 1. The lowest BCUT2D eigenvalue weighted by atomic mass is 9.91. The Morgan fingerprint density at radius 1 is 1.21 bits per heavy atom. The maximum absolute atomic E-state index is 5.74. The predicted molar refractivity (Wildman–Crippen MR) is 80.7 cm³/mol. The van der Waals surface area contributed by atoms with E-state index in [4.69, 9.17) is 4.74 Å². The van der Waals surface area contributed by atoms with Crippen LogP contribution in [0.1, 0.15) is 35.1 Å². The van der Waals surface area contributed by atoms with Crippen molar-refractivity contribution >= 4 is 0 Å². The van der Waals surface area contributed by atoms with Crippen LogP contribution >= 0.6 is 0 Å². The van der Waals surface area contributed by atoms with Gasteiger partial charge in [0.05, 0.1) is 6.10 Å². The van der Waals surface area contributed by atoms with E-state index in [2.05, 4.69) is 45.3 Å². The summed E-state index contributed by atoms with van der Waals surface area (Å²) in [4.78, 5) is 0. The molecule has 0 amide bonds. The molecule has 1 saturated carbocycles. The molecule has 0 saturated heterocycles. The van der Waals surface area contributed by atoms with Gasteiger partial charge in [0.2, 0.25) is 0 Å². The molecule has 2 unspecified atom stereocenters. The molecule has 0 aliphatic heterocycles. The first-order valence-corrected chi connectivity index (χ1v) is 7.33. The molecule has 2 heteroatoms. The zero-order valence-electron chi connectivity index (χ0n) is 12.9. The van der Waals surface area contributed by atoms with E-state index < -0.39 is 0 Å². The van der Waals surface area contributed by atoms with E-state index in [1.165, 1.54) is 35.1 Å². The Morgan fingerprint density at radius 2 is 1.79 bits per heavy atom. The van der Waals surface area contributed by atoms with E-state index in [1.54, 1.807) is 0 Å². The lowest BCUT2D eigenvalue weighted by molar-refractivity contribution is 0.0533. The summed E-state index contributed by atoms with van der Waals surface area (Å²) in [6.45, 7) is 6.61. The van der Waals surface area contributed by atoms with E-state index in [9.17, 15) is 0 Å². The van der Waals surface area contributed by atoms with Gasteiger partial charge >= 0.3 is 0 Å². The number of hydrogen-bond donors (Lipinski definition) is 1. The number of rotatable bonds is 6. The summed E-state index contributed by atoms with van der Waals surface area (Å²) in [5.41, 5.74) is 5.64. The van der Waals surface area contributed by atoms with Crippen molar-refractivity contribution < 1.29 is 4.74 Å². The summed E-state index contributed by atoms with van der Waals surface area (Å²) >= 11 is 0. The number of methoxy groups -OCH3 is 1. The normalized spacial score (nSPS) is 18.4. The maximum Gasteiger partial charge on any atom is 0.0755 e. The van der Waals surface area contributed by atoms with Crippen LogP contribution in [0.4, 0.5) is 0 Å². The summed E-state index contributed by atoms with van der Waals surface area (Å²) in [7, 11) is 3.90. The second-order valence-corrected chi connectivity index (χ2v) is 6.01. The first kappa shape index (κ1) is 14.5. The van der Waals surface area contributed by atoms with Crippen LogP contribution in [0.2, 0.25) is 0 Å². The van der Waals surface area contributed by atoms with Gasteiger partial charge in [-0.2, -0.15) is 0 Å². The third kappa shape index (κ3) is 3.37. The van der Waals surface area contributed by atoms with E-state index in [0.717, 1.165) is 12.3 Å². The molecule has 2 atom stereocenters. The molecule has 2 rings (SSSR count). The largest absolute Gasteiger partial charge is 0.380 e. The summed E-state index contributed by atoms with van der Waals surface area (Å²) in [5.74, 6) is 0.758. The number of benzene rings is 1. The molecule has 0 radical (unpaired) electrons. The Balaban J connectivity index is 2.18. The van der Waals surface area contributed by atoms with Crippen LogP contribution in [0.25, 0.3) is 0 Å². The van der Waals surface area contributed by atoms with Gasteiger partial charge in [0.25, 0.3) is 0 Å². The Bertz CT molecular complexity index is 414. The molecule has 19 heavy (non-hydrogen) atoms. The van der Waals surface area contributed by atoms with Gasteiger partial charge in [0, 0.05) is 13.2 Å². The predicted octanol–water partition coefficient (Wildman–Crippen LogP) is 3.17. The van der Waals surface area contributed by atoms with Crippen molar-refractivity contribution in [1.29, 1.82) is 0 Å². The van der Waals surface area contributed by atoms with Crippen molar-refractivity contribution in [3.8, 4) is 0 Å². The molecule has 0 bridgehead atoms. The summed E-state index contributed by atoms with van der Waals surface area (Å²) in [6.07, 6.45) is 4.05. The molecule has 1 fully saturated rings. The lowest BCUT2D eigenvalue weighted by Gasteiger charge is -2.27. The Kier molecular flexibility index (Phi) is 4.64. The molecule has 1 N–H and O–H groups in total. The van der Waals surface area contributed by atoms with Gasteiger partial charge in [0.1, 0.15) is 0 Å². The van der Waals surface area contributed by atoms with E-state index in [1.807, 2.05) is 7.11 Å².